The number of unbranched alkanes of at least 4 members (excludes halogenated alkanes) is 1. The maximum absolute atomic E-state index is 13.3. The van der Waals surface area contributed by atoms with Crippen LogP contribution in [0.4, 0.5) is 5.69 Å². The summed E-state index contributed by atoms with van der Waals surface area (Å²) in [5, 5.41) is 11.5. The van der Waals surface area contributed by atoms with Crippen molar-refractivity contribution in [1.82, 2.24) is 14.5 Å². The molecule has 9 heteroatoms. The number of anilines is 1. The van der Waals surface area contributed by atoms with Gasteiger partial charge in [0.25, 0.3) is 11.5 Å². The fourth-order valence-corrected chi connectivity index (χ4v) is 3.40. The highest BCUT2D eigenvalue weighted by atomic mass is 16.5. The van der Waals surface area contributed by atoms with Gasteiger partial charge in [-0.2, -0.15) is 5.26 Å². The molecule has 172 valence electrons. The van der Waals surface area contributed by atoms with E-state index < -0.39 is 17.2 Å². The number of aryl methyl sites for hydroxylation is 1. The van der Waals surface area contributed by atoms with E-state index in [1.54, 1.807) is 30.3 Å². The third-order valence-electron chi connectivity index (χ3n) is 5.05. The molecular weight excluding hydrogens is 422 g/mol. The molecule has 0 unspecified atom stereocenters. The number of nitrogens with zero attached hydrogens (tertiary/aromatic N) is 3. The largest absolute Gasteiger partial charge is 0.493 e. The number of ether oxygens (including phenoxy) is 1. The lowest BCUT2D eigenvalue weighted by Gasteiger charge is -2.15. The van der Waals surface area contributed by atoms with Crippen LogP contribution in [-0.2, 0) is 6.54 Å². The summed E-state index contributed by atoms with van der Waals surface area (Å²) in [6.45, 7) is 6.53. The number of nitrogens with one attached hydrogen (secondary N) is 2. The summed E-state index contributed by atoms with van der Waals surface area (Å²) in [6.07, 6.45) is 1.68. The van der Waals surface area contributed by atoms with E-state index >= 15 is 0 Å². The second-order valence-electron chi connectivity index (χ2n) is 7.95. The smallest absolute Gasteiger partial charge is 0.329 e. The number of amides is 1. The number of hydrogen-bond donors (Lipinski definition) is 2. The first-order valence-electron chi connectivity index (χ1n) is 10.9. The number of carbonyl (C=O) groups is 1. The van der Waals surface area contributed by atoms with Crippen LogP contribution in [0.2, 0.25) is 0 Å². The van der Waals surface area contributed by atoms with Crippen LogP contribution in [0, 0.1) is 11.3 Å². The lowest BCUT2D eigenvalue weighted by molar-refractivity contribution is 0.102. The van der Waals surface area contributed by atoms with E-state index in [-0.39, 0.29) is 22.5 Å². The summed E-state index contributed by atoms with van der Waals surface area (Å²) in [6, 6.07) is 10.5. The standard InChI is InChI=1S/C24H27N5O4/c1-4-11-29-21-20(23(31)28-24(29)32)18(14-19(27-21)15(2)3)22(30)26-16-8-7-9-17(13-16)33-12-6-5-10-25/h7-9,13-15H,4-6,11-12H2,1-3H3,(H,26,30)(H,28,31,32). The minimum absolute atomic E-state index is 0.0180. The molecule has 3 rings (SSSR count). The van der Waals surface area contributed by atoms with Crippen LogP contribution < -0.4 is 21.3 Å². The molecule has 0 aliphatic heterocycles. The fourth-order valence-electron chi connectivity index (χ4n) is 3.40. The number of rotatable bonds is 9. The van der Waals surface area contributed by atoms with Gasteiger partial charge in [-0.3, -0.25) is 19.1 Å². The Morgan fingerprint density at radius 3 is 2.79 bits per heavy atom. The van der Waals surface area contributed by atoms with E-state index in [1.165, 1.54) is 4.57 Å². The summed E-state index contributed by atoms with van der Waals surface area (Å²) in [5.41, 5.74) is 0.260. The quantitative estimate of drug-likeness (QED) is 0.481. The number of hydrogen-bond acceptors (Lipinski definition) is 6. The van der Waals surface area contributed by atoms with Crippen molar-refractivity contribution in [3.63, 3.8) is 0 Å². The van der Waals surface area contributed by atoms with Gasteiger partial charge in [-0.25, -0.2) is 9.78 Å². The van der Waals surface area contributed by atoms with Gasteiger partial charge in [0.15, 0.2) is 5.65 Å². The summed E-state index contributed by atoms with van der Waals surface area (Å²) >= 11 is 0. The Labute approximate surface area is 191 Å². The molecule has 0 saturated heterocycles. The van der Waals surface area contributed by atoms with E-state index in [1.807, 2.05) is 20.8 Å². The monoisotopic (exact) mass is 449 g/mol. The van der Waals surface area contributed by atoms with Crippen molar-refractivity contribution < 1.29 is 9.53 Å². The van der Waals surface area contributed by atoms with Crippen molar-refractivity contribution in [2.45, 2.75) is 52.5 Å². The van der Waals surface area contributed by atoms with Gasteiger partial charge >= 0.3 is 5.69 Å². The van der Waals surface area contributed by atoms with Crippen LogP contribution >= 0.6 is 0 Å². The number of nitriles is 1. The molecule has 3 aromatic rings. The van der Waals surface area contributed by atoms with E-state index in [2.05, 4.69) is 21.4 Å². The maximum Gasteiger partial charge on any atom is 0.329 e. The Balaban J connectivity index is 2.02. The van der Waals surface area contributed by atoms with Crippen molar-refractivity contribution in [3.8, 4) is 11.8 Å². The van der Waals surface area contributed by atoms with E-state index in [4.69, 9.17) is 10.00 Å². The van der Waals surface area contributed by atoms with Crippen molar-refractivity contribution in [3.05, 3.63) is 62.4 Å². The van der Waals surface area contributed by atoms with Gasteiger partial charge in [0.2, 0.25) is 0 Å². The highest BCUT2D eigenvalue weighted by molar-refractivity contribution is 6.11. The summed E-state index contributed by atoms with van der Waals surface area (Å²) in [5.74, 6) is 0.0523. The lowest BCUT2D eigenvalue weighted by atomic mass is 10.0. The Morgan fingerprint density at radius 2 is 2.09 bits per heavy atom. The molecule has 9 nitrogen and oxygen atoms in total. The molecule has 0 saturated carbocycles. The van der Waals surface area contributed by atoms with Gasteiger partial charge in [0.05, 0.1) is 23.6 Å². The van der Waals surface area contributed by atoms with Crippen LogP contribution in [0.5, 0.6) is 5.75 Å². The van der Waals surface area contributed by atoms with Crippen LogP contribution in [0.3, 0.4) is 0 Å². The predicted molar refractivity (Wildman–Crippen MR) is 126 cm³/mol. The van der Waals surface area contributed by atoms with Crippen LogP contribution in [0.25, 0.3) is 11.0 Å². The average Bonchev–Trinajstić information content (AvgIpc) is 2.78. The molecule has 2 heterocycles. The molecule has 0 fully saturated rings. The molecule has 33 heavy (non-hydrogen) atoms. The number of carbonyl (C=O) groups excluding carboxylic acids is 1. The lowest BCUT2D eigenvalue weighted by Crippen LogP contribution is -2.32. The summed E-state index contributed by atoms with van der Waals surface area (Å²) in [4.78, 5) is 45.2. The zero-order chi connectivity index (χ0) is 24.0. The number of aromatic amines is 1. The Kier molecular flexibility index (Phi) is 7.61. The molecule has 0 bridgehead atoms. The van der Waals surface area contributed by atoms with Gasteiger partial charge in [0.1, 0.15) is 5.75 Å². The zero-order valence-corrected chi connectivity index (χ0v) is 19.0. The van der Waals surface area contributed by atoms with Crippen molar-refractivity contribution in [2.75, 3.05) is 11.9 Å². The molecule has 0 atom stereocenters. The molecule has 0 spiro atoms. The Hall–Kier alpha value is -3.93. The molecule has 1 aromatic carbocycles. The first-order chi connectivity index (χ1) is 15.8. The van der Waals surface area contributed by atoms with Gasteiger partial charge in [0, 0.05) is 30.4 Å². The molecule has 1 amide bonds. The number of benzene rings is 1. The molecule has 2 N–H and O–H groups in total. The van der Waals surface area contributed by atoms with Gasteiger partial charge in [-0.05, 0) is 37.0 Å². The first kappa shape index (κ1) is 23.7. The minimum Gasteiger partial charge on any atom is -0.493 e. The fraction of sp³-hybridized carbons (Fsp3) is 0.375. The van der Waals surface area contributed by atoms with Gasteiger partial charge in [-0.1, -0.05) is 26.8 Å². The number of aromatic nitrogens is 3. The number of fused-ring (bicyclic) bond motifs is 1. The second-order valence-corrected chi connectivity index (χ2v) is 7.95. The topological polar surface area (TPSA) is 130 Å². The SMILES string of the molecule is CCCn1c(=O)[nH]c(=O)c2c(C(=O)Nc3cccc(OCCCC#N)c3)cc(C(C)C)nc21. The number of pyridine rings is 1. The summed E-state index contributed by atoms with van der Waals surface area (Å²) < 4.78 is 7.02. The van der Waals surface area contributed by atoms with Gasteiger partial charge < -0.3 is 10.1 Å². The Bertz CT molecular complexity index is 1320. The normalized spacial score (nSPS) is 10.9. The van der Waals surface area contributed by atoms with Crippen molar-refractivity contribution in [1.29, 1.82) is 5.26 Å². The zero-order valence-electron chi connectivity index (χ0n) is 19.0. The average molecular weight is 450 g/mol. The van der Waals surface area contributed by atoms with Crippen LogP contribution in [0.15, 0.2) is 39.9 Å². The van der Waals surface area contributed by atoms with E-state index in [9.17, 15) is 14.4 Å². The minimum atomic E-state index is -0.648. The molecule has 0 aliphatic carbocycles. The van der Waals surface area contributed by atoms with E-state index in [0.29, 0.717) is 49.5 Å². The highest BCUT2D eigenvalue weighted by Crippen LogP contribution is 2.23. The molecule has 0 aliphatic rings. The molecular formula is C24H27N5O4. The number of H-pyrrole nitrogens is 1. The maximum atomic E-state index is 13.3. The van der Waals surface area contributed by atoms with Crippen LogP contribution in [0.1, 0.15) is 62.0 Å². The third kappa shape index (κ3) is 5.47. The molecule has 0 radical (unpaired) electrons. The van der Waals surface area contributed by atoms with Crippen molar-refractivity contribution >= 4 is 22.6 Å². The Morgan fingerprint density at radius 1 is 1.30 bits per heavy atom. The van der Waals surface area contributed by atoms with Crippen molar-refractivity contribution in [2.24, 2.45) is 0 Å². The predicted octanol–water partition coefficient (Wildman–Crippen LogP) is 3.55. The first-order valence-corrected chi connectivity index (χ1v) is 10.9. The highest BCUT2D eigenvalue weighted by Gasteiger charge is 2.20. The van der Waals surface area contributed by atoms with Gasteiger partial charge in [-0.15, -0.1) is 0 Å². The van der Waals surface area contributed by atoms with Crippen LogP contribution in [-0.4, -0.2) is 27.0 Å². The summed E-state index contributed by atoms with van der Waals surface area (Å²) in [7, 11) is 0. The second kappa shape index (κ2) is 10.6. The van der Waals surface area contributed by atoms with E-state index in [0.717, 1.165) is 0 Å². The third-order valence-corrected chi connectivity index (χ3v) is 5.05. The molecule has 2 aromatic heterocycles.